The molecule has 0 unspecified atom stereocenters. The van der Waals surface area contributed by atoms with Crippen LogP contribution in [0.5, 0.6) is 0 Å². The predicted molar refractivity (Wildman–Crippen MR) is 71.6 cm³/mol. The first kappa shape index (κ1) is 13.0. The third kappa shape index (κ3) is 2.24. The highest BCUT2D eigenvalue weighted by atomic mass is 16.5. The standard InChI is InChI=1S/C13H17N5O2/c1-3-11-15-13-14-9(2)10(8-18(13)16-11)12(19)17-4-6-20-7-5-17/h8H,3-7H2,1-2H3. The maximum Gasteiger partial charge on any atom is 0.257 e. The van der Waals surface area contributed by atoms with Gasteiger partial charge in [0.25, 0.3) is 11.7 Å². The number of amides is 1. The highest BCUT2D eigenvalue weighted by molar-refractivity contribution is 5.95. The molecule has 0 bridgehead atoms. The van der Waals surface area contributed by atoms with E-state index in [1.54, 1.807) is 15.6 Å². The summed E-state index contributed by atoms with van der Waals surface area (Å²) in [5, 5.41) is 4.31. The molecule has 0 aromatic carbocycles. The van der Waals surface area contributed by atoms with Crippen LogP contribution in [0, 0.1) is 6.92 Å². The van der Waals surface area contributed by atoms with Gasteiger partial charge < -0.3 is 9.64 Å². The normalized spacial score (nSPS) is 15.8. The van der Waals surface area contributed by atoms with Crippen LogP contribution < -0.4 is 0 Å². The van der Waals surface area contributed by atoms with Crippen LogP contribution in [0.4, 0.5) is 0 Å². The zero-order valence-corrected chi connectivity index (χ0v) is 11.7. The number of nitrogens with zero attached hydrogens (tertiary/aromatic N) is 5. The molecule has 0 radical (unpaired) electrons. The number of carbonyl (C=O) groups is 1. The molecule has 0 spiro atoms. The predicted octanol–water partition coefficient (Wildman–Crippen LogP) is 0.468. The monoisotopic (exact) mass is 275 g/mol. The third-order valence-electron chi connectivity index (χ3n) is 3.41. The third-order valence-corrected chi connectivity index (χ3v) is 3.41. The number of carbonyl (C=O) groups excluding carboxylic acids is 1. The Hall–Kier alpha value is -2.02. The Bertz CT molecular complexity index is 645. The van der Waals surface area contributed by atoms with Crippen molar-refractivity contribution >= 4 is 11.7 Å². The van der Waals surface area contributed by atoms with E-state index in [0.29, 0.717) is 43.3 Å². The van der Waals surface area contributed by atoms with Gasteiger partial charge in [0, 0.05) is 25.7 Å². The van der Waals surface area contributed by atoms with E-state index in [4.69, 9.17) is 4.74 Å². The van der Waals surface area contributed by atoms with Gasteiger partial charge in [0.15, 0.2) is 5.82 Å². The molecule has 0 saturated carbocycles. The Kier molecular flexibility index (Phi) is 3.35. The summed E-state index contributed by atoms with van der Waals surface area (Å²) in [6, 6.07) is 0. The minimum Gasteiger partial charge on any atom is -0.378 e. The molecule has 7 nitrogen and oxygen atoms in total. The topological polar surface area (TPSA) is 72.6 Å². The van der Waals surface area contributed by atoms with E-state index in [1.807, 2.05) is 13.8 Å². The summed E-state index contributed by atoms with van der Waals surface area (Å²) in [7, 11) is 0. The van der Waals surface area contributed by atoms with Gasteiger partial charge in [-0.1, -0.05) is 6.92 Å². The molecule has 3 heterocycles. The number of fused-ring (bicyclic) bond motifs is 1. The number of hydrogen-bond acceptors (Lipinski definition) is 5. The van der Waals surface area contributed by atoms with E-state index in [-0.39, 0.29) is 5.91 Å². The summed E-state index contributed by atoms with van der Waals surface area (Å²) < 4.78 is 6.85. The summed E-state index contributed by atoms with van der Waals surface area (Å²) >= 11 is 0. The quantitative estimate of drug-likeness (QED) is 0.796. The van der Waals surface area contributed by atoms with Crippen LogP contribution in [0.25, 0.3) is 5.78 Å². The van der Waals surface area contributed by atoms with E-state index in [1.165, 1.54) is 0 Å². The smallest absolute Gasteiger partial charge is 0.257 e. The van der Waals surface area contributed by atoms with Crippen LogP contribution in [0.15, 0.2) is 6.20 Å². The molecule has 3 rings (SSSR count). The SMILES string of the molecule is CCc1nc2nc(C)c(C(=O)N3CCOCC3)cn2n1. The lowest BCUT2D eigenvalue weighted by Gasteiger charge is -2.27. The van der Waals surface area contributed by atoms with Crippen molar-refractivity contribution in [2.45, 2.75) is 20.3 Å². The fourth-order valence-electron chi connectivity index (χ4n) is 2.24. The van der Waals surface area contributed by atoms with Crippen molar-refractivity contribution < 1.29 is 9.53 Å². The first-order valence-electron chi connectivity index (χ1n) is 6.79. The first-order valence-corrected chi connectivity index (χ1v) is 6.79. The molecule has 2 aromatic heterocycles. The summed E-state index contributed by atoms with van der Waals surface area (Å²) in [5.41, 5.74) is 1.26. The molecule has 106 valence electrons. The lowest BCUT2D eigenvalue weighted by molar-refractivity contribution is 0.0301. The zero-order valence-electron chi connectivity index (χ0n) is 11.7. The van der Waals surface area contributed by atoms with Crippen molar-refractivity contribution in [1.29, 1.82) is 0 Å². The second-order valence-electron chi connectivity index (χ2n) is 4.77. The summed E-state index contributed by atoms with van der Waals surface area (Å²) in [5.74, 6) is 1.25. The van der Waals surface area contributed by atoms with Crippen LogP contribution in [-0.2, 0) is 11.2 Å². The van der Waals surface area contributed by atoms with E-state index >= 15 is 0 Å². The van der Waals surface area contributed by atoms with Crippen molar-refractivity contribution in [2.24, 2.45) is 0 Å². The van der Waals surface area contributed by atoms with Crippen LogP contribution in [0.1, 0.15) is 28.8 Å². The van der Waals surface area contributed by atoms with Crippen molar-refractivity contribution in [3.05, 3.63) is 23.3 Å². The molecule has 1 aliphatic rings. The second kappa shape index (κ2) is 5.16. The fraction of sp³-hybridized carbons (Fsp3) is 0.538. The molecule has 1 aliphatic heterocycles. The fourth-order valence-corrected chi connectivity index (χ4v) is 2.24. The van der Waals surface area contributed by atoms with Gasteiger partial charge in [-0.2, -0.15) is 4.98 Å². The maximum atomic E-state index is 12.5. The van der Waals surface area contributed by atoms with Gasteiger partial charge >= 0.3 is 0 Å². The Morgan fingerprint density at radius 1 is 1.35 bits per heavy atom. The van der Waals surface area contributed by atoms with Gasteiger partial charge in [0.2, 0.25) is 0 Å². The number of hydrogen-bond donors (Lipinski definition) is 0. The van der Waals surface area contributed by atoms with E-state index in [2.05, 4.69) is 15.1 Å². The molecule has 1 fully saturated rings. The zero-order chi connectivity index (χ0) is 14.1. The maximum absolute atomic E-state index is 12.5. The van der Waals surface area contributed by atoms with E-state index in [0.717, 1.165) is 12.2 Å². The van der Waals surface area contributed by atoms with E-state index in [9.17, 15) is 4.79 Å². The van der Waals surface area contributed by atoms with E-state index < -0.39 is 0 Å². The van der Waals surface area contributed by atoms with Crippen molar-refractivity contribution in [2.75, 3.05) is 26.3 Å². The number of rotatable bonds is 2. The highest BCUT2D eigenvalue weighted by Gasteiger charge is 2.21. The largest absolute Gasteiger partial charge is 0.378 e. The van der Waals surface area contributed by atoms with Crippen LogP contribution in [-0.4, -0.2) is 56.7 Å². The molecule has 1 amide bonds. The molecular formula is C13H17N5O2. The van der Waals surface area contributed by atoms with Crippen LogP contribution in [0.3, 0.4) is 0 Å². The first-order chi connectivity index (χ1) is 9.69. The van der Waals surface area contributed by atoms with Gasteiger partial charge in [-0.3, -0.25) is 4.79 Å². The lowest BCUT2D eigenvalue weighted by atomic mass is 10.2. The summed E-state index contributed by atoms with van der Waals surface area (Å²) in [6.45, 7) is 6.23. The number of morpholine rings is 1. The summed E-state index contributed by atoms with van der Waals surface area (Å²) in [6.07, 6.45) is 2.47. The van der Waals surface area contributed by atoms with Gasteiger partial charge in [-0.05, 0) is 6.92 Å². The molecule has 0 N–H and O–H groups in total. The minimum absolute atomic E-state index is 0.0197. The van der Waals surface area contributed by atoms with Crippen LogP contribution >= 0.6 is 0 Å². The Morgan fingerprint density at radius 2 is 2.10 bits per heavy atom. The average Bonchev–Trinajstić information content (AvgIpc) is 2.88. The number of aromatic nitrogens is 4. The Balaban J connectivity index is 1.97. The van der Waals surface area contributed by atoms with Crippen LogP contribution in [0.2, 0.25) is 0 Å². The number of aryl methyl sites for hydroxylation is 2. The minimum atomic E-state index is -0.0197. The molecular weight excluding hydrogens is 258 g/mol. The molecule has 1 saturated heterocycles. The average molecular weight is 275 g/mol. The van der Waals surface area contributed by atoms with Crippen molar-refractivity contribution in [3.8, 4) is 0 Å². The van der Waals surface area contributed by atoms with Gasteiger partial charge in [-0.15, -0.1) is 5.10 Å². The molecule has 0 atom stereocenters. The van der Waals surface area contributed by atoms with Gasteiger partial charge in [0.05, 0.1) is 24.5 Å². The molecule has 2 aromatic rings. The Labute approximate surface area is 116 Å². The molecule has 20 heavy (non-hydrogen) atoms. The lowest BCUT2D eigenvalue weighted by Crippen LogP contribution is -2.41. The second-order valence-corrected chi connectivity index (χ2v) is 4.77. The van der Waals surface area contributed by atoms with Crippen molar-refractivity contribution in [3.63, 3.8) is 0 Å². The molecule has 7 heteroatoms. The summed E-state index contributed by atoms with van der Waals surface area (Å²) in [4.78, 5) is 23.0. The Morgan fingerprint density at radius 3 is 2.80 bits per heavy atom. The van der Waals surface area contributed by atoms with Gasteiger partial charge in [0.1, 0.15) is 0 Å². The highest BCUT2D eigenvalue weighted by Crippen LogP contribution is 2.12. The number of ether oxygens (including phenoxy) is 1. The van der Waals surface area contributed by atoms with Crippen molar-refractivity contribution in [1.82, 2.24) is 24.5 Å². The molecule has 0 aliphatic carbocycles. The van der Waals surface area contributed by atoms with Gasteiger partial charge in [-0.25, -0.2) is 9.50 Å².